The van der Waals surface area contributed by atoms with E-state index in [1.807, 2.05) is 6.92 Å². The summed E-state index contributed by atoms with van der Waals surface area (Å²) in [5.74, 6) is 0.632. The molecule has 0 bridgehead atoms. The van der Waals surface area contributed by atoms with E-state index in [0.717, 1.165) is 6.54 Å². The van der Waals surface area contributed by atoms with E-state index in [9.17, 15) is 4.79 Å². The smallest absolute Gasteiger partial charge is 0.233 e. The van der Waals surface area contributed by atoms with Crippen molar-refractivity contribution in [3.8, 4) is 0 Å². The molecule has 1 unspecified atom stereocenters. The van der Waals surface area contributed by atoms with Gasteiger partial charge in [-0.05, 0) is 18.3 Å². The molecular weight excluding hydrogens is 230 g/mol. The number of rotatable bonds is 4. The molecule has 0 aliphatic rings. The number of hydrogen-bond donors (Lipinski definition) is 1. The van der Waals surface area contributed by atoms with E-state index in [0.29, 0.717) is 5.92 Å². The van der Waals surface area contributed by atoms with Crippen LogP contribution in [0.5, 0.6) is 0 Å². The molecule has 1 N–H and O–H groups in total. The Kier molecular flexibility index (Phi) is 4.97. The maximum Gasteiger partial charge on any atom is 0.233 e. The van der Waals surface area contributed by atoms with Crippen LogP contribution in [-0.4, -0.2) is 17.3 Å². The van der Waals surface area contributed by atoms with Crippen LogP contribution in [0.15, 0.2) is 0 Å². The van der Waals surface area contributed by atoms with E-state index in [2.05, 4.69) is 48.9 Å². The van der Waals surface area contributed by atoms with Crippen molar-refractivity contribution in [2.45, 2.75) is 39.4 Å². The van der Waals surface area contributed by atoms with Crippen molar-refractivity contribution in [2.24, 2.45) is 11.3 Å². The number of amides is 1. The second kappa shape index (κ2) is 4.99. The number of nitrogens with one attached hydrogen (secondary N) is 1. The number of alkyl halides is 1. The molecule has 0 radical (unpaired) electrons. The summed E-state index contributed by atoms with van der Waals surface area (Å²) < 4.78 is 0. The molecule has 1 amide bonds. The van der Waals surface area contributed by atoms with Gasteiger partial charge in [0.25, 0.3) is 0 Å². The van der Waals surface area contributed by atoms with E-state index < -0.39 is 0 Å². The molecule has 0 aromatic carbocycles. The van der Waals surface area contributed by atoms with Gasteiger partial charge in [-0.1, -0.05) is 43.6 Å². The van der Waals surface area contributed by atoms with Gasteiger partial charge in [-0.2, -0.15) is 0 Å². The maximum absolute atomic E-state index is 11.3. The highest BCUT2D eigenvalue weighted by Gasteiger charge is 2.23. The van der Waals surface area contributed by atoms with Gasteiger partial charge < -0.3 is 5.32 Å². The van der Waals surface area contributed by atoms with Crippen molar-refractivity contribution >= 4 is 21.8 Å². The van der Waals surface area contributed by atoms with Gasteiger partial charge in [-0.15, -0.1) is 0 Å². The van der Waals surface area contributed by atoms with Gasteiger partial charge >= 0.3 is 0 Å². The van der Waals surface area contributed by atoms with Crippen LogP contribution in [-0.2, 0) is 4.79 Å². The monoisotopic (exact) mass is 249 g/mol. The van der Waals surface area contributed by atoms with E-state index in [-0.39, 0.29) is 16.1 Å². The van der Waals surface area contributed by atoms with Crippen molar-refractivity contribution in [1.82, 2.24) is 5.32 Å². The fourth-order valence-corrected chi connectivity index (χ4v) is 0.822. The van der Waals surface area contributed by atoms with Gasteiger partial charge in [0, 0.05) is 6.54 Å². The quantitative estimate of drug-likeness (QED) is 0.763. The number of hydrogen-bond acceptors (Lipinski definition) is 1. The molecule has 0 heterocycles. The molecule has 0 rings (SSSR count). The highest BCUT2D eigenvalue weighted by atomic mass is 79.9. The van der Waals surface area contributed by atoms with Crippen LogP contribution in [0, 0.1) is 11.3 Å². The molecule has 0 aliphatic carbocycles. The van der Waals surface area contributed by atoms with Crippen LogP contribution in [0.25, 0.3) is 0 Å². The maximum atomic E-state index is 11.3. The normalized spacial score (nSPS) is 14.4. The lowest BCUT2D eigenvalue weighted by molar-refractivity contribution is -0.120. The minimum atomic E-state index is -0.101. The summed E-state index contributed by atoms with van der Waals surface area (Å²) in [4.78, 5) is 11.2. The Bertz CT molecular complexity index is 176. The standard InChI is InChI=1S/C10H20BrNO/c1-7(2)10(4,5)6-12-9(13)8(3)11/h7-8H,6H2,1-5H3,(H,12,13). The van der Waals surface area contributed by atoms with Crippen molar-refractivity contribution in [3.63, 3.8) is 0 Å². The number of carbonyl (C=O) groups is 1. The Balaban J connectivity index is 3.95. The lowest BCUT2D eigenvalue weighted by Crippen LogP contribution is -2.39. The summed E-state index contributed by atoms with van der Waals surface area (Å²) in [7, 11) is 0. The van der Waals surface area contributed by atoms with Crippen LogP contribution in [0.1, 0.15) is 34.6 Å². The third-order valence-electron chi connectivity index (χ3n) is 2.64. The van der Waals surface area contributed by atoms with E-state index in [4.69, 9.17) is 0 Å². The van der Waals surface area contributed by atoms with Gasteiger partial charge in [-0.25, -0.2) is 0 Å². The van der Waals surface area contributed by atoms with Gasteiger partial charge in [0.15, 0.2) is 0 Å². The Hall–Kier alpha value is -0.0500. The van der Waals surface area contributed by atoms with Gasteiger partial charge in [0.05, 0.1) is 4.83 Å². The van der Waals surface area contributed by atoms with Crippen LogP contribution in [0.2, 0.25) is 0 Å². The Morgan fingerprint density at radius 1 is 1.38 bits per heavy atom. The summed E-state index contributed by atoms with van der Waals surface area (Å²) in [5.41, 5.74) is 0.164. The molecule has 3 heteroatoms. The predicted molar refractivity (Wildman–Crippen MR) is 60.0 cm³/mol. The fraction of sp³-hybridized carbons (Fsp3) is 0.900. The zero-order valence-corrected chi connectivity index (χ0v) is 10.7. The summed E-state index contributed by atoms with van der Waals surface area (Å²) >= 11 is 3.23. The molecule has 0 aliphatic heterocycles. The third kappa shape index (κ3) is 4.65. The Morgan fingerprint density at radius 2 is 1.85 bits per heavy atom. The topological polar surface area (TPSA) is 29.1 Å². The van der Waals surface area contributed by atoms with Crippen molar-refractivity contribution in [3.05, 3.63) is 0 Å². The lowest BCUT2D eigenvalue weighted by atomic mass is 9.81. The van der Waals surface area contributed by atoms with Crippen molar-refractivity contribution < 1.29 is 4.79 Å². The largest absolute Gasteiger partial charge is 0.355 e. The first-order valence-electron chi connectivity index (χ1n) is 4.69. The summed E-state index contributed by atoms with van der Waals surface area (Å²) in [6.45, 7) is 11.2. The number of halogens is 1. The average Bonchev–Trinajstić information content (AvgIpc) is 1.99. The molecule has 0 spiro atoms. The van der Waals surface area contributed by atoms with E-state index >= 15 is 0 Å². The molecule has 0 aromatic rings. The number of carbonyl (C=O) groups excluding carboxylic acids is 1. The van der Waals surface area contributed by atoms with Crippen LogP contribution >= 0.6 is 15.9 Å². The van der Waals surface area contributed by atoms with Crippen LogP contribution in [0.3, 0.4) is 0 Å². The summed E-state index contributed by atoms with van der Waals surface area (Å²) in [6, 6.07) is 0. The third-order valence-corrected chi connectivity index (χ3v) is 3.06. The molecule has 0 saturated heterocycles. The SMILES string of the molecule is CC(Br)C(=O)NCC(C)(C)C(C)C. The fourth-order valence-electron chi connectivity index (χ4n) is 0.660. The first-order chi connectivity index (χ1) is 5.77. The molecule has 2 nitrogen and oxygen atoms in total. The average molecular weight is 250 g/mol. The first-order valence-corrected chi connectivity index (χ1v) is 5.60. The lowest BCUT2D eigenvalue weighted by Gasteiger charge is -2.29. The Morgan fingerprint density at radius 3 is 2.15 bits per heavy atom. The van der Waals surface area contributed by atoms with E-state index in [1.54, 1.807) is 0 Å². The molecule has 0 aromatic heterocycles. The van der Waals surface area contributed by atoms with Crippen LogP contribution < -0.4 is 5.32 Å². The molecular formula is C10H20BrNO. The summed E-state index contributed by atoms with van der Waals surface area (Å²) in [5, 5.41) is 2.92. The van der Waals surface area contributed by atoms with Crippen molar-refractivity contribution in [2.75, 3.05) is 6.54 Å². The predicted octanol–water partition coefficient (Wildman–Crippen LogP) is 2.57. The molecule has 13 heavy (non-hydrogen) atoms. The van der Waals surface area contributed by atoms with Gasteiger partial charge in [0.1, 0.15) is 0 Å². The highest BCUT2D eigenvalue weighted by Crippen LogP contribution is 2.24. The molecule has 1 atom stereocenters. The molecule has 0 saturated carbocycles. The zero-order valence-electron chi connectivity index (χ0n) is 9.15. The van der Waals surface area contributed by atoms with Gasteiger partial charge in [0.2, 0.25) is 5.91 Å². The summed E-state index contributed by atoms with van der Waals surface area (Å²) in [6.07, 6.45) is 0. The van der Waals surface area contributed by atoms with E-state index in [1.165, 1.54) is 0 Å². The van der Waals surface area contributed by atoms with Crippen LogP contribution in [0.4, 0.5) is 0 Å². The van der Waals surface area contributed by atoms with Crippen molar-refractivity contribution in [1.29, 1.82) is 0 Å². The second-order valence-corrected chi connectivity index (χ2v) is 5.85. The zero-order chi connectivity index (χ0) is 10.6. The molecule has 0 fully saturated rings. The highest BCUT2D eigenvalue weighted by molar-refractivity contribution is 9.10. The van der Waals surface area contributed by atoms with Gasteiger partial charge in [-0.3, -0.25) is 4.79 Å². The molecule has 78 valence electrons. The Labute approximate surface area is 89.6 Å². The minimum absolute atomic E-state index is 0.0636. The second-order valence-electron chi connectivity index (χ2n) is 4.48. The first kappa shape index (κ1) is 12.9. The minimum Gasteiger partial charge on any atom is -0.355 e.